The molecule has 0 saturated heterocycles. The van der Waals surface area contributed by atoms with Crippen molar-refractivity contribution in [2.24, 2.45) is 5.92 Å². The molecule has 162 valence electrons. The molecule has 0 spiro atoms. The summed E-state index contributed by atoms with van der Waals surface area (Å²) in [5, 5.41) is 3.72. The number of carbonyl (C=O) groups excluding carboxylic acids is 2. The summed E-state index contributed by atoms with van der Waals surface area (Å²) in [6.07, 6.45) is 0. The van der Waals surface area contributed by atoms with E-state index in [0.717, 1.165) is 11.1 Å². The molecular weight excluding hydrogens is 423 g/mol. The average molecular weight is 451 g/mol. The van der Waals surface area contributed by atoms with Gasteiger partial charge in [-0.1, -0.05) is 55.2 Å². The lowest BCUT2D eigenvalue weighted by Crippen LogP contribution is -2.49. The number of nitrogens with zero attached hydrogens (tertiary/aromatic N) is 1. The summed E-state index contributed by atoms with van der Waals surface area (Å²) in [5.74, 6) is 0.405. The Balaban J connectivity index is 2.16. The number of ether oxygens (including phenoxy) is 1. The van der Waals surface area contributed by atoms with E-state index in [1.54, 1.807) is 31.2 Å². The summed E-state index contributed by atoms with van der Waals surface area (Å²) in [7, 11) is 0. The SMILES string of the molecule is Cc1cccc(OCC(=O)N(Cc2ccc(Cl)c(Cl)c2)[C@H](C)C(=O)NCC(C)C)c1. The predicted octanol–water partition coefficient (Wildman–Crippen LogP) is 4.87. The molecule has 0 fully saturated rings. The van der Waals surface area contributed by atoms with Crippen molar-refractivity contribution >= 4 is 35.0 Å². The molecule has 0 aliphatic carbocycles. The Bertz CT molecular complexity index is 887. The van der Waals surface area contributed by atoms with Crippen molar-refractivity contribution in [2.45, 2.75) is 40.3 Å². The molecule has 0 aliphatic heterocycles. The van der Waals surface area contributed by atoms with Gasteiger partial charge in [-0.3, -0.25) is 9.59 Å². The molecule has 2 aromatic rings. The van der Waals surface area contributed by atoms with Gasteiger partial charge in [0.15, 0.2) is 6.61 Å². The summed E-state index contributed by atoms with van der Waals surface area (Å²) in [4.78, 5) is 27.1. The van der Waals surface area contributed by atoms with Crippen LogP contribution in [0.3, 0.4) is 0 Å². The normalized spacial score (nSPS) is 11.8. The first-order valence-electron chi connectivity index (χ1n) is 9.88. The molecule has 2 aromatic carbocycles. The monoisotopic (exact) mass is 450 g/mol. The molecule has 0 heterocycles. The third-order valence-electron chi connectivity index (χ3n) is 4.54. The highest BCUT2D eigenvalue weighted by Crippen LogP contribution is 2.24. The maximum atomic E-state index is 13.0. The third-order valence-corrected chi connectivity index (χ3v) is 5.28. The van der Waals surface area contributed by atoms with Gasteiger partial charge in [-0.2, -0.15) is 0 Å². The minimum absolute atomic E-state index is 0.174. The molecule has 0 unspecified atom stereocenters. The average Bonchev–Trinajstić information content (AvgIpc) is 2.70. The first-order valence-corrected chi connectivity index (χ1v) is 10.6. The number of rotatable bonds is 9. The highest BCUT2D eigenvalue weighted by Gasteiger charge is 2.26. The molecule has 1 atom stereocenters. The molecule has 0 bridgehead atoms. The van der Waals surface area contributed by atoms with E-state index in [9.17, 15) is 9.59 Å². The highest BCUT2D eigenvalue weighted by molar-refractivity contribution is 6.42. The number of nitrogens with one attached hydrogen (secondary N) is 1. The van der Waals surface area contributed by atoms with Gasteiger partial charge in [0.2, 0.25) is 5.91 Å². The summed E-state index contributed by atoms with van der Waals surface area (Å²) in [6.45, 7) is 8.26. The van der Waals surface area contributed by atoms with Gasteiger partial charge in [0.25, 0.3) is 5.91 Å². The largest absolute Gasteiger partial charge is 0.484 e. The van der Waals surface area contributed by atoms with E-state index in [-0.39, 0.29) is 25.0 Å². The first-order chi connectivity index (χ1) is 14.2. The van der Waals surface area contributed by atoms with Crippen LogP contribution in [0.5, 0.6) is 5.75 Å². The van der Waals surface area contributed by atoms with Gasteiger partial charge in [-0.25, -0.2) is 0 Å². The number of hydrogen-bond acceptors (Lipinski definition) is 3. The molecular formula is C23H28Cl2N2O3. The van der Waals surface area contributed by atoms with Crippen molar-refractivity contribution in [2.75, 3.05) is 13.2 Å². The standard InChI is InChI=1S/C23H28Cl2N2O3/c1-15(2)12-26-23(29)17(4)27(13-18-8-9-20(24)21(25)11-18)22(28)14-30-19-7-5-6-16(3)10-19/h5-11,15,17H,12-14H2,1-4H3,(H,26,29)/t17-/m1/s1. The van der Waals surface area contributed by atoms with Crippen molar-refractivity contribution in [3.8, 4) is 5.75 Å². The molecule has 2 amide bonds. The molecule has 0 aliphatic rings. The maximum Gasteiger partial charge on any atom is 0.261 e. The van der Waals surface area contributed by atoms with Gasteiger partial charge in [-0.15, -0.1) is 0 Å². The maximum absolute atomic E-state index is 13.0. The number of carbonyl (C=O) groups is 2. The zero-order valence-corrected chi connectivity index (χ0v) is 19.3. The minimum atomic E-state index is -0.674. The van der Waals surface area contributed by atoms with E-state index in [0.29, 0.717) is 28.3 Å². The lowest BCUT2D eigenvalue weighted by Gasteiger charge is -2.29. The second-order valence-corrected chi connectivity index (χ2v) is 8.50. The first kappa shape index (κ1) is 24.0. The number of amides is 2. The topological polar surface area (TPSA) is 58.6 Å². The Morgan fingerprint density at radius 3 is 2.43 bits per heavy atom. The zero-order valence-electron chi connectivity index (χ0n) is 17.7. The van der Waals surface area contributed by atoms with Crippen molar-refractivity contribution < 1.29 is 14.3 Å². The van der Waals surface area contributed by atoms with Crippen LogP contribution >= 0.6 is 23.2 Å². The van der Waals surface area contributed by atoms with Crippen LogP contribution in [-0.2, 0) is 16.1 Å². The Labute approximate surface area is 188 Å². The van der Waals surface area contributed by atoms with E-state index in [2.05, 4.69) is 5.32 Å². The summed E-state index contributed by atoms with van der Waals surface area (Å²) in [6, 6.07) is 12.0. The van der Waals surface area contributed by atoms with E-state index in [4.69, 9.17) is 27.9 Å². The van der Waals surface area contributed by atoms with E-state index in [1.165, 1.54) is 4.90 Å². The van der Waals surface area contributed by atoms with Gasteiger partial charge in [0.1, 0.15) is 11.8 Å². The van der Waals surface area contributed by atoms with Crippen LogP contribution in [0.15, 0.2) is 42.5 Å². The molecule has 30 heavy (non-hydrogen) atoms. The van der Waals surface area contributed by atoms with Crippen LogP contribution in [-0.4, -0.2) is 35.9 Å². The third kappa shape index (κ3) is 7.22. The molecule has 1 N–H and O–H groups in total. The van der Waals surface area contributed by atoms with Crippen LogP contribution in [0, 0.1) is 12.8 Å². The van der Waals surface area contributed by atoms with E-state index >= 15 is 0 Å². The lowest BCUT2D eigenvalue weighted by atomic mass is 10.1. The molecule has 0 radical (unpaired) electrons. The molecule has 0 saturated carbocycles. The van der Waals surface area contributed by atoms with E-state index < -0.39 is 6.04 Å². The molecule has 0 aromatic heterocycles. The van der Waals surface area contributed by atoms with Crippen molar-refractivity contribution in [1.29, 1.82) is 0 Å². The van der Waals surface area contributed by atoms with Crippen molar-refractivity contribution in [3.05, 3.63) is 63.6 Å². The quantitative estimate of drug-likeness (QED) is 0.592. The van der Waals surface area contributed by atoms with Crippen LogP contribution in [0.1, 0.15) is 31.9 Å². The Morgan fingerprint density at radius 1 is 1.07 bits per heavy atom. The van der Waals surface area contributed by atoms with Gasteiger partial charge >= 0.3 is 0 Å². The number of aryl methyl sites for hydroxylation is 1. The predicted molar refractivity (Wildman–Crippen MR) is 121 cm³/mol. The number of halogens is 2. The Hall–Kier alpha value is -2.24. The minimum Gasteiger partial charge on any atom is -0.484 e. The van der Waals surface area contributed by atoms with Crippen LogP contribution in [0.25, 0.3) is 0 Å². The second kappa shape index (κ2) is 11.2. The fraction of sp³-hybridized carbons (Fsp3) is 0.391. The summed E-state index contributed by atoms with van der Waals surface area (Å²) >= 11 is 12.1. The fourth-order valence-corrected chi connectivity index (χ4v) is 3.12. The van der Waals surface area contributed by atoms with Gasteiger partial charge in [-0.05, 0) is 55.2 Å². The van der Waals surface area contributed by atoms with Gasteiger partial charge in [0, 0.05) is 13.1 Å². The molecule has 2 rings (SSSR count). The van der Waals surface area contributed by atoms with Crippen LogP contribution in [0.4, 0.5) is 0 Å². The van der Waals surface area contributed by atoms with E-state index in [1.807, 2.05) is 39.0 Å². The van der Waals surface area contributed by atoms with Crippen molar-refractivity contribution in [3.63, 3.8) is 0 Å². The van der Waals surface area contributed by atoms with Crippen LogP contribution < -0.4 is 10.1 Å². The number of benzene rings is 2. The molecule has 7 heteroatoms. The summed E-state index contributed by atoms with van der Waals surface area (Å²) < 4.78 is 5.67. The van der Waals surface area contributed by atoms with Gasteiger partial charge in [0.05, 0.1) is 10.0 Å². The summed E-state index contributed by atoms with van der Waals surface area (Å²) in [5.41, 5.74) is 1.81. The second-order valence-electron chi connectivity index (χ2n) is 7.69. The fourth-order valence-electron chi connectivity index (χ4n) is 2.80. The van der Waals surface area contributed by atoms with Crippen LogP contribution in [0.2, 0.25) is 10.0 Å². The lowest BCUT2D eigenvalue weighted by molar-refractivity contribution is -0.142. The highest BCUT2D eigenvalue weighted by atomic mass is 35.5. The zero-order chi connectivity index (χ0) is 22.3. The Morgan fingerprint density at radius 2 is 1.80 bits per heavy atom. The molecule has 5 nitrogen and oxygen atoms in total. The van der Waals surface area contributed by atoms with Crippen molar-refractivity contribution in [1.82, 2.24) is 10.2 Å². The number of hydrogen-bond donors (Lipinski definition) is 1. The van der Waals surface area contributed by atoms with Gasteiger partial charge < -0.3 is 15.0 Å². The smallest absolute Gasteiger partial charge is 0.261 e. The Kier molecular flexibility index (Phi) is 9.00.